The lowest BCUT2D eigenvalue weighted by Crippen LogP contribution is -2.10. The van der Waals surface area contributed by atoms with E-state index < -0.39 is 0 Å². The quantitative estimate of drug-likeness (QED) is 0.669. The fourth-order valence-corrected chi connectivity index (χ4v) is 2.69. The highest BCUT2D eigenvalue weighted by molar-refractivity contribution is 9.10. The largest absolute Gasteiger partial charge is 0.378 e. The van der Waals surface area contributed by atoms with Crippen molar-refractivity contribution in [1.29, 1.82) is 0 Å². The Balaban J connectivity index is 2.42. The fraction of sp³-hybridized carbons (Fsp3) is 0.200. The summed E-state index contributed by atoms with van der Waals surface area (Å²) in [5.41, 5.74) is 3.32. The van der Waals surface area contributed by atoms with Gasteiger partial charge >= 0.3 is 0 Å². The van der Waals surface area contributed by atoms with Gasteiger partial charge in [-0.2, -0.15) is 0 Å². The highest BCUT2D eigenvalue weighted by atomic mass is 79.9. The van der Waals surface area contributed by atoms with Crippen LogP contribution in [0.3, 0.4) is 0 Å². The first-order valence-corrected chi connectivity index (χ1v) is 6.48. The monoisotopic (exact) mass is 314 g/mol. The zero-order valence-electron chi connectivity index (χ0n) is 9.11. The number of hydrazine groups is 1. The standard InChI is InChI=1S/C10H11BrN4OS/c1-16-4-7-3-9(15-12)14-10(13-7)8-2-6(11)5-17-8/h2-3,5H,4,12H2,1H3,(H,13,14,15). The van der Waals surface area contributed by atoms with Crippen molar-refractivity contribution in [3.8, 4) is 10.7 Å². The summed E-state index contributed by atoms with van der Waals surface area (Å²) in [6.45, 7) is 0.427. The zero-order valence-corrected chi connectivity index (χ0v) is 11.5. The van der Waals surface area contributed by atoms with Crippen molar-refractivity contribution in [1.82, 2.24) is 9.97 Å². The molecule has 2 aromatic heterocycles. The first-order chi connectivity index (χ1) is 8.22. The van der Waals surface area contributed by atoms with Crippen molar-refractivity contribution >= 4 is 33.1 Å². The molecule has 3 N–H and O–H groups in total. The second-order valence-electron chi connectivity index (χ2n) is 3.27. The number of rotatable bonds is 4. The Labute approximate surface area is 111 Å². The molecule has 0 spiro atoms. The van der Waals surface area contributed by atoms with Gasteiger partial charge in [0.25, 0.3) is 0 Å². The normalized spacial score (nSPS) is 10.5. The lowest BCUT2D eigenvalue weighted by molar-refractivity contribution is 0.181. The minimum Gasteiger partial charge on any atom is -0.378 e. The van der Waals surface area contributed by atoms with Gasteiger partial charge in [-0.15, -0.1) is 11.3 Å². The Morgan fingerprint density at radius 3 is 2.88 bits per heavy atom. The van der Waals surface area contributed by atoms with Crippen molar-refractivity contribution in [2.24, 2.45) is 5.84 Å². The van der Waals surface area contributed by atoms with Crippen molar-refractivity contribution < 1.29 is 4.74 Å². The van der Waals surface area contributed by atoms with E-state index in [0.29, 0.717) is 18.2 Å². The number of nitrogens with one attached hydrogen (secondary N) is 1. The third-order valence-corrected chi connectivity index (χ3v) is 3.69. The predicted octanol–water partition coefficient (Wildman–Crippen LogP) is 2.40. The molecule has 7 heteroatoms. The molecule has 0 aliphatic heterocycles. The number of methoxy groups -OCH3 is 1. The number of nitrogens with zero attached hydrogens (tertiary/aromatic N) is 2. The van der Waals surface area contributed by atoms with Gasteiger partial charge in [-0.25, -0.2) is 15.8 Å². The molecule has 0 aliphatic carbocycles. The number of thiophene rings is 1. The van der Waals surface area contributed by atoms with E-state index >= 15 is 0 Å². The summed E-state index contributed by atoms with van der Waals surface area (Å²) in [6, 6.07) is 3.73. The molecule has 5 nitrogen and oxygen atoms in total. The lowest BCUT2D eigenvalue weighted by atomic mass is 10.3. The Hall–Kier alpha value is -1.02. The van der Waals surface area contributed by atoms with Crippen LogP contribution in [-0.2, 0) is 11.3 Å². The minimum atomic E-state index is 0.427. The maximum Gasteiger partial charge on any atom is 0.172 e. The minimum absolute atomic E-state index is 0.427. The van der Waals surface area contributed by atoms with Crippen LogP contribution in [0.15, 0.2) is 22.0 Å². The summed E-state index contributed by atoms with van der Waals surface area (Å²) >= 11 is 4.97. The molecule has 17 heavy (non-hydrogen) atoms. The number of ether oxygens (including phenoxy) is 1. The van der Waals surface area contributed by atoms with Crippen LogP contribution in [0.2, 0.25) is 0 Å². The topological polar surface area (TPSA) is 73.1 Å². The highest BCUT2D eigenvalue weighted by Gasteiger charge is 2.08. The molecule has 2 aromatic rings. The highest BCUT2D eigenvalue weighted by Crippen LogP contribution is 2.28. The van der Waals surface area contributed by atoms with Crippen LogP contribution in [-0.4, -0.2) is 17.1 Å². The number of nitrogens with two attached hydrogens (primary N) is 1. The van der Waals surface area contributed by atoms with E-state index in [4.69, 9.17) is 10.6 Å². The Bertz CT molecular complexity index is 517. The number of halogens is 1. The van der Waals surface area contributed by atoms with E-state index in [9.17, 15) is 0 Å². The average Bonchev–Trinajstić information content (AvgIpc) is 2.76. The van der Waals surface area contributed by atoms with Crippen LogP contribution in [0, 0.1) is 0 Å². The SMILES string of the molecule is COCc1cc(NN)nc(-c2cc(Br)cs2)n1. The summed E-state index contributed by atoms with van der Waals surface area (Å²) in [4.78, 5) is 9.70. The van der Waals surface area contributed by atoms with Gasteiger partial charge in [0.05, 0.1) is 17.2 Å². The van der Waals surface area contributed by atoms with Gasteiger partial charge in [-0.3, -0.25) is 0 Å². The molecule has 90 valence electrons. The van der Waals surface area contributed by atoms with Gasteiger partial charge in [-0.05, 0) is 22.0 Å². The van der Waals surface area contributed by atoms with Crippen molar-refractivity contribution in [2.75, 3.05) is 12.5 Å². The average molecular weight is 315 g/mol. The smallest absolute Gasteiger partial charge is 0.172 e. The summed E-state index contributed by atoms with van der Waals surface area (Å²) in [7, 11) is 1.62. The molecule has 0 fully saturated rings. The van der Waals surface area contributed by atoms with Gasteiger partial charge < -0.3 is 10.2 Å². The first-order valence-electron chi connectivity index (χ1n) is 4.81. The summed E-state index contributed by atoms with van der Waals surface area (Å²) in [6.07, 6.45) is 0. The van der Waals surface area contributed by atoms with Crippen LogP contribution < -0.4 is 11.3 Å². The molecule has 0 bridgehead atoms. The van der Waals surface area contributed by atoms with Gasteiger partial charge in [-0.1, -0.05) is 0 Å². The van der Waals surface area contributed by atoms with E-state index in [-0.39, 0.29) is 0 Å². The molecule has 2 heterocycles. The Morgan fingerprint density at radius 1 is 1.47 bits per heavy atom. The molecular formula is C10H11BrN4OS. The lowest BCUT2D eigenvalue weighted by Gasteiger charge is -2.05. The maximum absolute atomic E-state index is 5.38. The van der Waals surface area contributed by atoms with Crippen LogP contribution in [0.4, 0.5) is 5.82 Å². The Morgan fingerprint density at radius 2 is 2.29 bits per heavy atom. The maximum atomic E-state index is 5.38. The molecule has 0 saturated carbocycles. The van der Waals surface area contributed by atoms with Crippen LogP contribution in [0.25, 0.3) is 10.7 Å². The molecule has 0 atom stereocenters. The van der Waals surface area contributed by atoms with Crippen LogP contribution in [0.1, 0.15) is 5.69 Å². The van der Waals surface area contributed by atoms with Crippen molar-refractivity contribution in [3.63, 3.8) is 0 Å². The predicted molar refractivity (Wildman–Crippen MR) is 71.6 cm³/mol. The third-order valence-electron chi connectivity index (χ3n) is 2.01. The number of nitrogen functional groups attached to an aromatic ring is 1. The Kier molecular flexibility index (Phi) is 4.06. The fourth-order valence-electron chi connectivity index (χ4n) is 1.33. The molecule has 0 saturated heterocycles. The second kappa shape index (κ2) is 5.54. The van der Waals surface area contributed by atoms with Gasteiger partial charge in [0, 0.05) is 23.0 Å². The molecule has 2 rings (SSSR count). The molecule has 0 unspecified atom stereocenters. The van der Waals surface area contributed by atoms with Crippen LogP contribution >= 0.6 is 27.3 Å². The molecule has 0 radical (unpaired) electrons. The summed E-state index contributed by atoms with van der Waals surface area (Å²) in [5, 5.41) is 1.98. The zero-order chi connectivity index (χ0) is 12.3. The summed E-state index contributed by atoms with van der Waals surface area (Å²) in [5.74, 6) is 6.60. The third kappa shape index (κ3) is 3.01. The van der Waals surface area contributed by atoms with Gasteiger partial charge in [0.15, 0.2) is 5.82 Å². The second-order valence-corrected chi connectivity index (χ2v) is 5.10. The molecule has 0 aromatic carbocycles. The molecular weight excluding hydrogens is 304 g/mol. The van der Waals surface area contributed by atoms with E-state index in [1.165, 1.54) is 0 Å². The first kappa shape index (κ1) is 12.4. The summed E-state index contributed by atoms with van der Waals surface area (Å²) < 4.78 is 6.07. The molecule has 0 amide bonds. The van der Waals surface area contributed by atoms with E-state index in [2.05, 4.69) is 31.3 Å². The van der Waals surface area contributed by atoms with Crippen molar-refractivity contribution in [2.45, 2.75) is 6.61 Å². The van der Waals surface area contributed by atoms with E-state index in [1.807, 2.05) is 11.4 Å². The van der Waals surface area contributed by atoms with Gasteiger partial charge in [0.2, 0.25) is 0 Å². The van der Waals surface area contributed by atoms with Crippen molar-refractivity contribution in [3.05, 3.63) is 27.7 Å². The van der Waals surface area contributed by atoms with E-state index in [0.717, 1.165) is 15.0 Å². The van der Waals surface area contributed by atoms with Gasteiger partial charge in [0.1, 0.15) is 5.82 Å². The number of aromatic nitrogens is 2. The van der Waals surface area contributed by atoms with Crippen LogP contribution in [0.5, 0.6) is 0 Å². The number of hydrogen-bond donors (Lipinski definition) is 2. The van der Waals surface area contributed by atoms with E-state index in [1.54, 1.807) is 24.5 Å². The molecule has 0 aliphatic rings. The number of hydrogen-bond acceptors (Lipinski definition) is 6. The number of anilines is 1.